The maximum atomic E-state index is 13.3. The van der Waals surface area contributed by atoms with E-state index in [4.69, 9.17) is 0 Å². The molecule has 1 aromatic carbocycles. The van der Waals surface area contributed by atoms with Gasteiger partial charge in [0, 0.05) is 19.1 Å². The number of fused-ring (bicyclic) bond motifs is 1. The van der Waals surface area contributed by atoms with Crippen molar-refractivity contribution in [1.82, 2.24) is 9.21 Å². The molecule has 1 aliphatic carbocycles. The van der Waals surface area contributed by atoms with E-state index in [1.165, 1.54) is 25.9 Å². The van der Waals surface area contributed by atoms with Gasteiger partial charge < -0.3 is 4.90 Å². The van der Waals surface area contributed by atoms with Crippen molar-refractivity contribution in [2.24, 2.45) is 5.92 Å². The molecule has 0 bridgehead atoms. The summed E-state index contributed by atoms with van der Waals surface area (Å²) in [5, 5.41) is 0. The number of piperidine rings is 2. The molecule has 2 saturated heterocycles. The molecule has 2 heterocycles. The molecule has 0 amide bonds. The lowest BCUT2D eigenvalue weighted by atomic mass is 9.95. The molecule has 0 saturated carbocycles. The first-order chi connectivity index (χ1) is 12.6. The van der Waals surface area contributed by atoms with Crippen molar-refractivity contribution < 1.29 is 8.42 Å². The summed E-state index contributed by atoms with van der Waals surface area (Å²) in [6.07, 6.45) is 10.4. The average molecular weight is 375 g/mol. The summed E-state index contributed by atoms with van der Waals surface area (Å²) in [7, 11) is -3.39. The van der Waals surface area contributed by atoms with Gasteiger partial charge in [-0.15, -0.1) is 0 Å². The van der Waals surface area contributed by atoms with Crippen LogP contribution in [0.1, 0.15) is 50.2 Å². The van der Waals surface area contributed by atoms with E-state index in [2.05, 4.69) is 24.0 Å². The number of hydrogen-bond acceptors (Lipinski definition) is 3. The Labute approximate surface area is 157 Å². The molecule has 0 N–H and O–H groups in total. The monoisotopic (exact) mass is 374 g/mol. The third-order valence-electron chi connectivity index (χ3n) is 6.40. The minimum absolute atomic E-state index is 0.532. The molecule has 5 heteroatoms. The maximum absolute atomic E-state index is 13.3. The van der Waals surface area contributed by atoms with Gasteiger partial charge in [0.1, 0.15) is 0 Å². The van der Waals surface area contributed by atoms with Crippen LogP contribution in [-0.4, -0.2) is 49.8 Å². The number of nitrogens with zero attached hydrogens (tertiary/aromatic N) is 2. The zero-order valence-electron chi connectivity index (χ0n) is 15.7. The van der Waals surface area contributed by atoms with Gasteiger partial charge in [-0.25, -0.2) is 8.42 Å². The number of sulfonamides is 1. The first-order valence-electron chi connectivity index (χ1n) is 10.1. The molecular weight excluding hydrogens is 344 g/mol. The molecule has 0 spiro atoms. The fourth-order valence-electron chi connectivity index (χ4n) is 4.67. The first-order valence-corrected chi connectivity index (χ1v) is 11.5. The third kappa shape index (κ3) is 3.49. The highest BCUT2D eigenvalue weighted by Crippen LogP contribution is 2.31. The molecule has 4 rings (SSSR count). The lowest BCUT2D eigenvalue weighted by Crippen LogP contribution is -2.48. The number of benzene rings is 1. The predicted octanol–water partition coefficient (Wildman–Crippen LogP) is 3.53. The Hall–Kier alpha value is -1.17. The van der Waals surface area contributed by atoms with E-state index in [0.29, 0.717) is 24.0 Å². The van der Waals surface area contributed by atoms with Crippen LogP contribution in [0, 0.1) is 5.92 Å². The summed E-state index contributed by atoms with van der Waals surface area (Å²) in [5.41, 5.74) is 2.07. The van der Waals surface area contributed by atoms with Crippen LogP contribution in [0.4, 0.5) is 0 Å². The van der Waals surface area contributed by atoms with Crippen molar-refractivity contribution in [3.8, 4) is 0 Å². The van der Waals surface area contributed by atoms with Gasteiger partial charge in [0.2, 0.25) is 10.0 Å². The Morgan fingerprint density at radius 3 is 2.46 bits per heavy atom. The molecule has 26 heavy (non-hydrogen) atoms. The average Bonchev–Trinajstić information content (AvgIpc) is 2.68. The second kappa shape index (κ2) is 7.45. The van der Waals surface area contributed by atoms with E-state index < -0.39 is 10.0 Å². The van der Waals surface area contributed by atoms with Gasteiger partial charge in [0.15, 0.2) is 0 Å². The number of allylic oxidation sites excluding steroid dienone is 1. The van der Waals surface area contributed by atoms with Crippen molar-refractivity contribution in [1.29, 1.82) is 0 Å². The Kier molecular flexibility index (Phi) is 5.22. The van der Waals surface area contributed by atoms with E-state index in [1.54, 1.807) is 10.4 Å². The molecule has 2 fully saturated rings. The van der Waals surface area contributed by atoms with E-state index in [-0.39, 0.29) is 0 Å². The van der Waals surface area contributed by atoms with Crippen LogP contribution < -0.4 is 0 Å². The molecule has 142 valence electrons. The van der Waals surface area contributed by atoms with E-state index in [1.807, 2.05) is 12.1 Å². The van der Waals surface area contributed by atoms with Crippen LogP contribution in [0.2, 0.25) is 0 Å². The Morgan fingerprint density at radius 2 is 1.73 bits per heavy atom. The molecule has 3 aliphatic rings. The van der Waals surface area contributed by atoms with Crippen LogP contribution in [-0.2, 0) is 16.4 Å². The highest BCUT2D eigenvalue weighted by Gasteiger charge is 2.34. The minimum atomic E-state index is -3.39. The van der Waals surface area contributed by atoms with Gasteiger partial charge in [0.05, 0.1) is 4.90 Å². The van der Waals surface area contributed by atoms with Crippen molar-refractivity contribution in [2.45, 2.75) is 56.4 Å². The van der Waals surface area contributed by atoms with Crippen molar-refractivity contribution in [3.63, 3.8) is 0 Å². The summed E-state index contributed by atoms with van der Waals surface area (Å²) >= 11 is 0. The molecule has 0 radical (unpaired) electrons. The van der Waals surface area contributed by atoms with Crippen LogP contribution in [0.3, 0.4) is 0 Å². The molecule has 2 aliphatic heterocycles. The lowest BCUT2D eigenvalue weighted by molar-refractivity contribution is 0.101. The van der Waals surface area contributed by atoms with E-state index >= 15 is 0 Å². The summed E-state index contributed by atoms with van der Waals surface area (Å²) in [5.74, 6) is 0.838. The predicted molar refractivity (Wildman–Crippen MR) is 106 cm³/mol. The Morgan fingerprint density at radius 1 is 1.00 bits per heavy atom. The third-order valence-corrected chi connectivity index (χ3v) is 8.39. The van der Waals surface area contributed by atoms with Crippen LogP contribution >= 0.6 is 0 Å². The van der Waals surface area contributed by atoms with Crippen LogP contribution in [0.15, 0.2) is 29.2 Å². The normalized spacial score (nSPS) is 23.9. The lowest BCUT2D eigenvalue weighted by Gasteiger charge is -2.41. The molecule has 1 aromatic rings. The molecule has 0 aromatic heterocycles. The zero-order chi connectivity index (χ0) is 18.1. The summed E-state index contributed by atoms with van der Waals surface area (Å²) < 4.78 is 28.3. The summed E-state index contributed by atoms with van der Waals surface area (Å²) in [6.45, 7) is 5.99. The van der Waals surface area contributed by atoms with Crippen molar-refractivity contribution >= 4 is 16.1 Å². The van der Waals surface area contributed by atoms with Crippen molar-refractivity contribution in [3.05, 3.63) is 35.4 Å². The Balaban J connectivity index is 1.46. The van der Waals surface area contributed by atoms with Crippen molar-refractivity contribution in [2.75, 3.05) is 26.2 Å². The van der Waals surface area contributed by atoms with Gasteiger partial charge in [0.25, 0.3) is 0 Å². The van der Waals surface area contributed by atoms with Gasteiger partial charge >= 0.3 is 0 Å². The fourth-order valence-corrected chi connectivity index (χ4v) is 6.42. The smallest absolute Gasteiger partial charge is 0.243 e. The largest absolute Gasteiger partial charge is 0.300 e. The highest BCUT2D eigenvalue weighted by molar-refractivity contribution is 7.89. The minimum Gasteiger partial charge on any atom is -0.300 e. The summed E-state index contributed by atoms with van der Waals surface area (Å²) in [6, 6.07) is 6.25. The SMILES string of the molecule is CC1CCN(C2CCN(S(=O)(=O)c3cccc4c3CCC=C4)CC2)CC1. The molecule has 0 unspecified atom stereocenters. The topological polar surface area (TPSA) is 40.6 Å². The first kappa shape index (κ1) is 18.2. The number of hydrogen-bond donors (Lipinski definition) is 0. The standard InChI is InChI=1S/C21H30N2O2S/c1-17-9-13-22(14-10-17)19-11-15-23(16-12-19)26(24,25)21-8-4-6-18-5-2-3-7-20(18)21/h2,4-6,8,17,19H,3,7,9-16H2,1H3. The highest BCUT2D eigenvalue weighted by atomic mass is 32.2. The molecular formula is C21H30N2O2S. The second-order valence-electron chi connectivity index (χ2n) is 8.12. The second-order valence-corrected chi connectivity index (χ2v) is 10.0. The van der Waals surface area contributed by atoms with Gasteiger partial charge in [-0.05, 0) is 74.7 Å². The van der Waals surface area contributed by atoms with Crippen LogP contribution in [0.25, 0.3) is 6.08 Å². The zero-order valence-corrected chi connectivity index (χ0v) is 16.5. The van der Waals surface area contributed by atoms with Gasteiger partial charge in [-0.3, -0.25) is 0 Å². The number of rotatable bonds is 3. The van der Waals surface area contributed by atoms with Gasteiger partial charge in [-0.1, -0.05) is 31.2 Å². The quantitative estimate of drug-likeness (QED) is 0.813. The fraction of sp³-hybridized carbons (Fsp3) is 0.619. The Bertz CT molecular complexity index is 771. The maximum Gasteiger partial charge on any atom is 0.243 e. The summed E-state index contributed by atoms with van der Waals surface area (Å²) in [4.78, 5) is 3.13. The van der Waals surface area contributed by atoms with E-state index in [9.17, 15) is 8.42 Å². The molecule has 0 atom stereocenters. The molecule has 4 nitrogen and oxygen atoms in total. The van der Waals surface area contributed by atoms with E-state index in [0.717, 1.165) is 42.7 Å². The van der Waals surface area contributed by atoms with Gasteiger partial charge in [-0.2, -0.15) is 4.31 Å². The number of likely N-dealkylation sites (tertiary alicyclic amines) is 1. The van der Waals surface area contributed by atoms with Crippen LogP contribution in [0.5, 0.6) is 0 Å².